The molecule has 0 aliphatic heterocycles. The van der Waals surface area contributed by atoms with Crippen molar-refractivity contribution in [3.05, 3.63) is 120 Å². The fraction of sp³-hybridized carbons (Fsp3) is 0.0286. The number of furan rings is 1. The summed E-state index contributed by atoms with van der Waals surface area (Å²) in [4.78, 5) is 9.00. The summed E-state index contributed by atoms with van der Waals surface area (Å²) in [6, 6.07) is 27.5. The van der Waals surface area contributed by atoms with Crippen LogP contribution in [0.15, 0.2) is 108 Å². The van der Waals surface area contributed by atoms with E-state index in [2.05, 4.69) is 107 Å². The molecule has 40 heavy (non-hydrogen) atoms. The van der Waals surface area contributed by atoms with Gasteiger partial charge in [-0.3, -0.25) is 4.98 Å². The lowest BCUT2D eigenvalue weighted by Gasteiger charge is -2.10. The summed E-state index contributed by atoms with van der Waals surface area (Å²) in [7, 11) is 0. The van der Waals surface area contributed by atoms with Crippen molar-refractivity contribution >= 4 is 83.2 Å². The van der Waals surface area contributed by atoms with Gasteiger partial charge in [0.25, 0.3) is 0 Å². The van der Waals surface area contributed by atoms with E-state index in [1.807, 2.05) is 12.1 Å². The van der Waals surface area contributed by atoms with Gasteiger partial charge in [0.1, 0.15) is 10.7 Å². The molecule has 0 saturated heterocycles. The smallest absolute Gasteiger partial charge is 0.160 e. The molecule has 0 N–H and O–H groups in total. The number of benzene rings is 5. The monoisotopic (exact) mass is 535 g/mol. The van der Waals surface area contributed by atoms with Gasteiger partial charge in [0, 0.05) is 27.2 Å². The van der Waals surface area contributed by atoms with Crippen molar-refractivity contribution in [2.75, 3.05) is 0 Å². The quantitative estimate of drug-likeness (QED) is 0.211. The first-order chi connectivity index (χ1) is 19.6. The Morgan fingerprint density at radius 3 is 2.45 bits per heavy atom. The second kappa shape index (κ2) is 8.54. The van der Waals surface area contributed by atoms with Crippen LogP contribution >= 0.6 is 11.6 Å². The molecule has 3 heterocycles. The van der Waals surface area contributed by atoms with Crippen molar-refractivity contribution in [3.63, 3.8) is 0 Å². The molecule has 0 aliphatic carbocycles. The Morgan fingerprint density at radius 1 is 0.850 bits per heavy atom. The number of fused-ring (bicyclic) bond motifs is 11. The van der Waals surface area contributed by atoms with E-state index in [0.717, 1.165) is 55.3 Å². The van der Waals surface area contributed by atoms with Crippen LogP contribution in [0.3, 0.4) is 0 Å². The number of aryl methyl sites for hydroxylation is 1. The molecule has 5 aromatic carbocycles. The highest BCUT2D eigenvalue weighted by atomic mass is 35.5. The molecule has 0 saturated carbocycles. The molecule has 0 amide bonds. The maximum Gasteiger partial charge on any atom is 0.160 e. The van der Waals surface area contributed by atoms with Gasteiger partial charge in [-0.2, -0.15) is 0 Å². The van der Waals surface area contributed by atoms with E-state index in [9.17, 15) is 0 Å². The van der Waals surface area contributed by atoms with Gasteiger partial charge in [0.05, 0.1) is 28.3 Å². The molecule has 0 atom stereocenters. The van der Waals surface area contributed by atoms with Crippen molar-refractivity contribution in [2.45, 2.75) is 6.92 Å². The lowest BCUT2D eigenvalue weighted by atomic mass is 9.95. The third kappa shape index (κ3) is 3.14. The van der Waals surface area contributed by atoms with Gasteiger partial charge in [0.15, 0.2) is 5.58 Å². The molecule has 8 rings (SSSR count). The number of para-hydroxylation sites is 1. The van der Waals surface area contributed by atoms with E-state index in [-0.39, 0.29) is 0 Å². The Morgan fingerprint density at radius 2 is 1.62 bits per heavy atom. The zero-order valence-corrected chi connectivity index (χ0v) is 22.4. The second-order valence-electron chi connectivity index (χ2n) is 10.0. The average Bonchev–Trinajstić information content (AvgIpc) is 3.54. The summed E-state index contributed by atoms with van der Waals surface area (Å²) in [6.45, 7) is 6.01. The third-order valence-corrected chi connectivity index (χ3v) is 8.06. The normalized spacial score (nSPS) is 12.2. The van der Waals surface area contributed by atoms with Crippen LogP contribution in [0.5, 0.6) is 0 Å². The fourth-order valence-corrected chi connectivity index (χ4v) is 6.32. The molecule has 5 heteroatoms. The number of nitrogens with zero attached hydrogens (tertiary/aromatic N) is 3. The minimum Gasteiger partial charge on any atom is -0.454 e. The van der Waals surface area contributed by atoms with Crippen molar-refractivity contribution in [2.24, 2.45) is 0 Å². The Hall–Kier alpha value is -4.93. The van der Waals surface area contributed by atoms with Crippen molar-refractivity contribution < 1.29 is 4.42 Å². The van der Waals surface area contributed by atoms with E-state index in [4.69, 9.17) is 16.0 Å². The Kier molecular flexibility index (Phi) is 4.91. The van der Waals surface area contributed by atoms with Crippen molar-refractivity contribution in [1.82, 2.24) is 14.5 Å². The lowest BCUT2D eigenvalue weighted by molar-refractivity contribution is 0.671. The van der Waals surface area contributed by atoms with Gasteiger partial charge >= 0.3 is 0 Å². The highest BCUT2D eigenvalue weighted by Crippen LogP contribution is 2.46. The van der Waals surface area contributed by atoms with Gasteiger partial charge in [-0.1, -0.05) is 84.9 Å². The van der Waals surface area contributed by atoms with Gasteiger partial charge in [-0.25, -0.2) is 4.98 Å². The minimum atomic E-state index is 0.380. The SMILES string of the molecule is C=C/C=C\c1ccc2oc3c(c4ccccc4c4c5ccccc5n(-c5ccc6nc(Cl)cnc6c5)c34)c2c1C. The molecule has 3 aromatic heterocycles. The highest BCUT2D eigenvalue weighted by molar-refractivity contribution is 6.35. The van der Waals surface area contributed by atoms with E-state index < -0.39 is 0 Å². The Balaban J connectivity index is 1.62. The molecular weight excluding hydrogens is 514 g/mol. The number of rotatable bonds is 3. The van der Waals surface area contributed by atoms with Crippen molar-refractivity contribution in [1.29, 1.82) is 0 Å². The minimum absolute atomic E-state index is 0.380. The van der Waals surface area contributed by atoms with Gasteiger partial charge in [0.2, 0.25) is 0 Å². The summed E-state index contributed by atoms with van der Waals surface area (Å²) in [5.74, 6) is 0. The number of hydrogen-bond donors (Lipinski definition) is 0. The molecule has 4 nitrogen and oxygen atoms in total. The van der Waals surface area contributed by atoms with Gasteiger partial charge in [-0.15, -0.1) is 0 Å². The van der Waals surface area contributed by atoms with Crippen LogP contribution in [-0.4, -0.2) is 14.5 Å². The predicted molar refractivity (Wildman–Crippen MR) is 168 cm³/mol. The van der Waals surface area contributed by atoms with E-state index in [1.54, 1.807) is 12.3 Å². The first-order valence-electron chi connectivity index (χ1n) is 13.2. The fourth-order valence-electron chi connectivity index (χ4n) is 6.18. The van der Waals surface area contributed by atoms with Crippen LogP contribution in [0.2, 0.25) is 5.15 Å². The van der Waals surface area contributed by atoms with Crippen LogP contribution in [0, 0.1) is 6.92 Å². The number of hydrogen-bond acceptors (Lipinski definition) is 3. The van der Waals surface area contributed by atoms with Crippen LogP contribution in [0.4, 0.5) is 0 Å². The average molecular weight is 536 g/mol. The predicted octanol–water partition coefficient (Wildman–Crippen LogP) is 9.94. The largest absolute Gasteiger partial charge is 0.454 e. The lowest BCUT2D eigenvalue weighted by Crippen LogP contribution is -1.95. The molecule has 0 bridgehead atoms. The molecule has 0 unspecified atom stereocenters. The summed E-state index contributed by atoms with van der Waals surface area (Å²) in [5.41, 5.74) is 8.73. The maximum absolute atomic E-state index is 6.80. The van der Waals surface area contributed by atoms with E-state index >= 15 is 0 Å². The molecular formula is C35H22ClN3O. The Bertz CT molecular complexity index is 2380. The van der Waals surface area contributed by atoms with E-state index in [0.29, 0.717) is 5.15 Å². The van der Waals surface area contributed by atoms with Crippen LogP contribution in [-0.2, 0) is 0 Å². The topological polar surface area (TPSA) is 43.9 Å². The molecule has 190 valence electrons. The molecule has 0 spiro atoms. The van der Waals surface area contributed by atoms with Crippen LogP contribution in [0.25, 0.3) is 77.3 Å². The van der Waals surface area contributed by atoms with Crippen LogP contribution in [0.1, 0.15) is 11.1 Å². The second-order valence-corrected chi connectivity index (χ2v) is 10.4. The number of allylic oxidation sites excluding steroid dienone is 2. The van der Waals surface area contributed by atoms with Gasteiger partial charge in [-0.05, 0) is 59.2 Å². The number of aromatic nitrogens is 3. The zero-order chi connectivity index (χ0) is 27.0. The Labute approximate surface area is 234 Å². The maximum atomic E-state index is 6.80. The third-order valence-electron chi connectivity index (χ3n) is 7.88. The van der Waals surface area contributed by atoms with Gasteiger partial charge < -0.3 is 8.98 Å². The molecule has 0 radical (unpaired) electrons. The summed E-state index contributed by atoms with van der Waals surface area (Å²) < 4.78 is 9.10. The molecule has 0 fully saturated rings. The first kappa shape index (κ1) is 23.0. The van der Waals surface area contributed by atoms with Crippen LogP contribution < -0.4 is 0 Å². The number of halogens is 1. The zero-order valence-electron chi connectivity index (χ0n) is 21.6. The molecule has 0 aliphatic rings. The summed E-state index contributed by atoms with van der Waals surface area (Å²) in [6.07, 6.45) is 7.46. The first-order valence-corrected chi connectivity index (χ1v) is 13.5. The van der Waals surface area contributed by atoms with E-state index in [1.165, 1.54) is 27.1 Å². The molecule has 8 aromatic rings. The summed E-state index contributed by atoms with van der Waals surface area (Å²) >= 11 is 6.13. The standard InChI is InChI=1S/C35H22ClN3O/c1-3-4-9-21-14-17-29-31(20(21)2)33-24-11-6-5-10-23(24)32-25-12-7-8-13-28(25)39(34(32)35(33)40-29)22-15-16-26-27(18-22)37-19-30(36)38-26/h3-19H,1H2,2H3/b9-4-. The summed E-state index contributed by atoms with van der Waals surface area (Å²) in [5, 5.41) is 7.36. The highest BCUT2D eigenvalue weighted by Gasteiger charge is 2.24. The van der Waals surface area contributed by atoms with Crippen molar-refractivity contribution in [3.8, 4) is 5.69 Å².